The van der Waals surface area contributed by atoms with Gasteiger partial charge in [0.15, 0.2) is 0 Å². The van der Waals surface area contributed by atoms with Crippen molar-refractivity contribution in [3.05, 3.63) is 101 Å². The molecule has 0 bridgehead atoms. The number of likely N-dealkylation sites (tertiary alicyclic amines) is 1. The van der Waals surface area contributed by atoms with Gasteiger partial charge in [-0.05, 0) is 77.6 Å². The fourth-order valence-corrected chi connectivity index (χ4v) is 7.10. The van der Waals surface area contributed by atoms with E-state index in [-0.39, 0.29) is 11.6 Å². The molecule has 3 aromatic carbocycles. The van der Waals surface area contributed by atoms with Gasteiger partial charge in [-0.15, -0.1) is 11.8 Å². The van der Waals surface area contributed by atoms with Crippen LogP contribution >= 0.6 is 11.8 Å². The number of anilines is 1. The monoisotopic (exact) mass is 488 g/mol. The molecule has 0 radical (unpaired) electrons. The van der Waals surface area contributed by atoms with Crippen LogP contribution in [-0.2, 0) is 0 Å². The van der Waals surface area contributed by atoms with E-state index in [2.05, 4.69) is 34.1 Å². The fraction of sp³-hybridized carbons (Fsp3) is 0.333. The molecule has 0 saturated carbocycles. The number of thioether (sulfide) groups is 1. The highest BCUT2D eigenvalue weighted by atomic mass is 32.2. The van der Waals surface area contributed by atoms with Crippen LogP contribution in [0.3, 0.4) is 0 Å². The van der Waals surface area contributed by atoms with Crippen LogP contribution in [0, 0.1) is 11.6 Å². The quantitative estimate of drug-likeness (QED) is 0.383. The summed E-state index contributed by atoms with van der Waals surface area (Å²) in [4.78, 5) is 6.78. The summed E-state index contributed by atoms with van der Waals surface area (Å²) in [5.41, 5.74) is 6.00. The average molecular weight is 489 g/mol. The van der Waals surface area contributed by atoms with E-state index >= 15 is 0 Å². The zero-order valence-electron chi connectivity index (χ0n) is 19.8. The Balaban J connectivity index is 1.20. The summed E-state index contributed by atoms with van der Waals surface area (Å²) in [6.07, 6.45) is 5.59. The molecule has 1 fully saturated rings. The van der Waals surface area contributed by atoms with E-state index in [9.17, 15) is 8.78 Å². The van der Waals surface area contributed by atoms with Gasteiger partial charge in [0.25, 0.3) is 0 Å². The van der Waals surface area contributed by atoms with Gasteiger partial charge in [-0.25, -0.2) is 8.78 Å². The normalized spacial score (nSPS) is 21.3. The molecule has 3 aliphatic heterocycles. The van der Waals surface area contributed by atoms with Gasteiger partial charge >= 0.3 is 0 Å². The Kier molecular flexibility index (Phi) is 6.38. The van der Waals surface area contributed by atoms with Crippen molar-refractivity contribution >= 4 is 23.0 Å². The summed E-state index contributed by atoms with van der Waals surface area (Å²) in [5, 5.41) is 0. The zero-order valence-corrected chi connectivity index (χ0v) is 20.6. The van der Waals surface area contributed by atoms with Crippen molar-refractivity contribution < 1.29 is 8.78 Å². The summed E-state index contributed by atoms with van der Waals surface area (Å²) >= 11 is 2.02. The first-order valence-corrected chi connectivity index (χ1v) is 13.6. The minimum atomic E-state index is -0.248. The number of halogens is 2. The van der Waals surface area contributed by atoms with Gasteiger partial charge in [-0.1, -0.05) is 42.5 Å². The Morgan fingerprint density at radius 3 is 2.34 bits per heavy atom. The highest BCUT2D eigenvalue weighted by Crippen LogP contribution is 2.50. The summed E-state index contributed by atoms with van der Waals surface area (Å²) in [7, 11) is 0. The van der Waals surface area contributed by atoms with Crippen molar-refractivity contribution in [2.75, 3.05) is 36.8 Å². The number of fused-ring (bicyclic) bond motifs is 3. The molecule has 0 aromatic heterocycles. The van der Waals surface area contributed by atoms with Crippen molar-refractivity contribution in [2.45, 2.75) is 36.1 Å². The second-order valence-electron chi connectivity index (χ2n) is 9.77. The zero-order chi connectivity index (χ0) is 23.8. The van der Waals surface area contributed by atoms with Gasteiger partial charge in [0.05, 0.1) is 5.69 Å². The lowest BCUT2D eigenvalue weighted by molar-refractivity contribution is 0.196. The molecule has 0 N–H and O–H groups in total. The van der Waals surface area contributed by atoms with Gasteiger partial charge in [0, 0.05) is 43.0 Å². The molecule has 1 saturated heterocycles. The highest BCUT2D eigenvalue weighted by Gasteiger charge is 2.43. The van der Waals surface area contributed by atoms with Gasteiger partial charge in [0.2, 0.25) is 0 Å². The Morgan fingerprint density at radius 2 is 1.63 bits per heavy atom. The first-order chi connectivity index (χ1) is 17.2. The SMILES string of the molecule is Fc1ccc(C(=CCCN2CC[C@@H]3[C@H](C2)c2cccc4c2N3CCCS4)c2ccc(F)cc2)cc1. The van der Waals surface area contributed by atoms with E-state index in [0.29, 0.717) is 12.0 Å². The summed E-state index contributed by atoms with van der Waals surface area (Å²) in [6, 6.07) is 20.7. The van der Waals surface area contributed by atoms with E-state index in [1.165, 1.54) is 60.0 Å². The molecular weight excluding hydrogens is 458 g/mol. The number of nitrogens with zero attached hydrogens (tertiary/aromatic N) is 2. The van der Waals surface area contributed by atoms with E-state index in [1.807, 2.05) is 11.8 Å². The number of benzene rings is 3. The fourth-order valence-electron chi connectivity index (χ4n) is 6.06. The molecule has 0 unspecified atom stereocenters. The predicted octanol–water partition coefficient (Wildman–Crippen LogP) is 6.96. The number of para-hydroxylation sites is 1. The van der Waals surface area contributed by atoms with Crippen LogP contribution in [0.5, 0.6) is 0 Å². The molecule has 3 aliphatic rings. The van der Waals surface area contributed by atoms with Crippen molar-refractivity contribution in [3.63, 3.8) is 0 Å². The summed E-state index contributed by atoms with van der Waals surface area (Å²) in [6.45, 7) is 4.38. The van der Waals surface area contributed by atoms with Crippen molar-refractivity contribution in [1.29, 1.82) is 0 Å². The molecular formula is C30H30F2N2S. The molecule has 2 nitrogen and oxygen atoms in total. The van der Waals surface area contributed by atoms with Crippen molar-refractivity contribution in [3.8, 4) is 0 Å². The minimum absolute atomic E-state index is 0.248. The van der Waals surface area contributed by atoms with Crippen LogP contribution < -0.4 is 4.90 Å². The van der Waals surface area contributed by atoms with Gasteiger partial charge in [-0.2, -0.15) is 0 Å². The first kappa shape index (κ1) is 22.8. The third kappa shape index (κ3) is 4.52. The standard InChI is InChI=1S/C30H30F2N2S/c31-23-11-7-21(8-12-23)25(22-9-13-24(32)14-10-22)5-2-16-33-18-15-28-27(20-33)26-4-1-6-29-30(26)34(28)17-3-19-35-29/h1,4-14,27-28H,2-3,15-20H2/t27-,28-/m1/s1. The van der Waals surface area contributed by atoms with Gasteiger partial charge in [-0.3, -0.25) is 0 Å². The molecule has 180 valence electrons. The Morgan fingerprint density at radius 1 is 0.914 bits per heavy atom. The molecule has 6 rings (SSSR count). The lowest BCUT2D eigenvalue weighted by Gasteiger charge is -2.39. The first-order valence-electron chi connectivity index (χ1n) is 12.6. The average Bonchev–Trinajstić information content (AvgIpc) is 3.03. The van der Waals surface area contributed by atoms with Gasteiger partial charge < -0.3 is 9.80 Å². The topological polar surface area (TPSA) is 6.48 Å². The van der Waals surface area contributed by atoms with E-state index in [1.54, 1.807) is 29.8 Å². The number of piperidine rings is 1. The second-order valence-corrected chi connectivity index (χ2v) is 10.9. The van der Waals surface area contributed by atoms with Crippen LogP contribution in [-0.4, -0.2) is 42.9 Å². The van der Waals surface area contributed by atoms with E-state index in [4.69, 9.17) is 0 Å². The highest BCUT2D eigenvalue weighted by molar-refractivity contribution is 7.99. The maximum Gasteiger partial charge on any atom is 0.123 e. The Hall–Kier alpha value is -2.63. The molecule has 3 heterocycles. The predicted molar refractivity (Wildman–Crippen MR) is 141 cm³/mol. The molecule has 35 heavy (non-hydrogen) atoms. The molecule has 0 aliphatic carbocycles. The van der Waals surface area contributed by atoms with Crippen molar-refractivity contribution in [2.24, 2.45) is 0 Å². The molecule has 3 aromatic rings. The molecule has 0 spiro atoms. The lowest BCUT2D eigenvalue weighted by atomic mass is 9.89. The van der Waals surface area contributed by atoms with Crippen LogP contribution in [0.1, 0.15) is 41.9 Å². The minimum Gasteiger partial charge on any atom is -0.367 e. The third-order valence-corrected chi connectivity index (χ3v) is 8.82. The second kappa shape index (κ2) is 9.79. The molecule has 0 amide bonds. The number of rotatable bonds is 5. The van der Waals surface area contributed by atoms with E-state index < -0.39 is 0 Å². The Bertz CT molecular complexity index is 1170. The van der Waals surface area contributed by atoms with Crippen LogP contribution in [0.25, 0.3) is 5.57 Å². The third-order valence-electron chi connectivity index (χ3n) is 7.68. The van der Waals surface area contributed by atoms with E-state index in [0.717, 1.165) is 42.8 Å². The van der Waals surface area contributed by atoms with Gasteiger partial charge in [0.1, 0.15) is 11.6 Å². The lowest BCUT2D eigenvalue weighted by Crippen LogP contribution is -2.46. The van der Waals surface area contributed by atoms with Crippen LogP contribution in [0.4, 0.5) is 14.5 Å². The van der Waals surface area contributed by atoms with Crippen molar-refractivity contribution in [1.82, 2.24) is 4.90 Å². The largest absolute Gasteiger partial charge is 0.367 e. The maximum atomic E-state index is 13.5. The number of hydrogen-bond donors (Lipinski definition) is 0. The molecule has 5 heteroatoms. The maximum absolute atomic E-state index is 13.5. The smallest absolute Gasteiger partial charge is 0.123 e. The summed E-state index contributed by atoms with van der Waals surface area (Å²) < 4.78 is 27.1. The van der Waals surface area contributed by atoms with Crippen LogP contribution in [0.15, 0.2) is 77.7 Å². The van der Waals surface area contributed by atoms with Crippen LogP contribution in [0.2, 0.25) is 0 Å². The number of hydrogen-bond acceptors (Lipinski definition) is 3. The summed E-state index contributed by atoms with van der Waals surface area (Å²) in [5.74, 6) is 1.30. The molecule has 2 atom stereocenters. The Labute approximate surface area is 210 Å².